The van der Waals surface area contributed by atoms with Gasteiger partial charge in [-0.3, -0.25) is 17.9 Å². The lowest BCUT2D eigenvalue weighted by Crippen LogP contribution is -2.12. The second-order valence-corrected chi connectivity index (χ2v) is 26.4. The summed E-state index contributed by atoms with van der Waals surface area (Å²) in [7, 11) is 0. The summed E-state index contributed by atoms with van der Waals surface area (Å²) in [6.45, 7) is 16.3. The van der Waals surface area contributed by atoms with E-state index >= 15 is 0 Å². The quantitative estimate of drug-likeness (QED) is 0.152. The van der Waals surface area contributed by atoms with Gasteiger partial charge in [-0.05, 0) is 163 Å². The molecule has 5 heterocycles. The van der Waals surface area contributed by atoms with Gasteiger partial charge < -0.3 is 4.57 Å². The number of benzene rings is 12. The van der Waals surface area contributed by atoms with E-state index in [1.807, 2.05) is 0 Å². The molecule has 0 aliphatic rings. The number of rotatable bonds is 8. The summed E-state index contributed by atoms with van der Waals surface area (Å²) < 4.78 is 12.3. The van der Waals surface area contributed by atoms with E-state index in [2.05, 4.69) is 338 Å². The highest BCUT2D eigenvalue weighted by Crippen LogP contribution is 2.47. The Morgan fingerprint density at radius 2 is 0.622 bits per heavy atom. The molecule has 0 bridgehead atoms. The Morgan fingerprint density at radius 3 is 1.01 bits per heavy atom. The topological polar surface area (TPSA) is 49.4 Å². The van der Waals surface area contributed by atoms with Crippen LogP contribution in [0.2, 0.25) is 0 Å². The Labute approximate surface area is 522 Å². The first-order valence-corrected chi connectivity index (χ1v) is 31.3. The van der Waals surface area contributed by atoms with Gasteiger partial charge in [0.15, 0.2) is 0 Å². The van der Waals surface area contributed by atoms with E-state index < -0.39 is 0 Å². The van der Waals surface area contributed by atoms with Crippen LogP contribution in [0.25, 0.3) is 150 Å². The Balaban J connectivity index is 1.07. The smallest absolute Gasteiger partial charge is 0.220 e. The number of fused-ring (bicyclic) bond motifs is 13. The van der Waals surface area contributed by atoms with Gasteiger partial charge in [-0.2, -0.15) is 0 Å². The summed E-state index contributed by atoms with van der Waals surface area (Å²) in [6, 6.07) is 98.1. The highest BCUT2D eigenvalue weighted by Gasteiger charge is 2.31. The van der Waals surface area contributed by atoms with Crippen molar-refractivity contribution in [2.24, 2.45) is 0 Å². The van der Waals surface area contributed by atoms with Crippen molar-refractivity contribution in [1.82, 2.24) is 32.5 Å². The van der Waals surface area contributed by atoms with Crippen LogP contribution in [0.4, 0.5) is 0 Å². The molecule has 0 aliphatic heterocycles. The van der Waals surface area contributed by atoms with Gasteiger partial charge in [0.05, 0.1) is 72.2 Å². The summed E-state index contributed by atoms with van der Waals surface area (Å²) in [5, 5.41) is 2.45. The Bertz CT molecular complexity index is 5640. The SMILES string of the molecule is Cc1c(-c2ccccc2)c(-n2c3ccc(-c4ccccc4)cc3n3c4cc(-c5ccccc5)ccc4nc23)cc(-n2c3ccc(-c4ccccc4)cc3n3c4cc(-c5ccccc5)ccc4nc23)c1-n1c2ccc(C(C)(C)C)cc2c2cc(C(C)(C)C)ccc21. The van der Waals surface area contributed by atoms with Crippen LogP contribution in [0.1, 0.15) is 58.2 Å². The van der Waals surface area contributed by atoms with Crippen LogP contribution < -0.4 is 0 Å². The molecule has 7 nitrogen and oxygen atoms in total. The number of aromatic nitrogens is 7. The van der Waals surface area contributed by atoms with E-state index in [9.17, 15) is 0 Å². The van der Waals surface area contributed by atoms with Crippen LogP contribution in [0.3, 0.4) is 0 Å². The van der Waals surface area contributed by atoms with Crippen molar-refractivity contribution in [2.45, 2.75) is 59.3 Å². The zero-order valence-electron chi connectivity index (χ0n) is 51.5. The molecule has 90 heavy (non-hydrogen) atoms. The maximum Gasteiger partial charge on any atom is 0.220 e. The molecule has 0 spiro atoms. The third-order valence-electron chi connectivity index (χ3n) is 18.8. The summed E-state index contributed by atoms with van der Waals surface area (Å²) in [6.07, 6.45) is 0. The van der Waals surface area contributed by atoms with Crippen molar-refractivity contribution in [3.8, 4) is 72.7 Å². The van der Waals surface area contributed by atoms with Crippen LogP contribution in [-0.2, 0) is 10.8 Å². The van der Waals surface area contributed by atoms with Crippen LogP contribution in [0, 0.1) is 6.92 Å². The normalized spacial score (nSPS) is 12.4. The second kappa shape index (κ2) is 20.0. The first-order chi connectivity index (χ1) is 43.8. The van der Waals surface area contributed by atoms with Gasteiger partial charge in [0.2, 0.25) is 11.6 Å². The van der Waals surface area contributed by atoms with Gasteiger partial charge in [-0.15, -0.1) is 0 Å². The van der Waals surface area contributed by atoms with Crippen LogP contribution in [0.15, 0.2) is 267 Å². The van der Waals surface area contributed by atoms with Crippen molar-refractivity contribution in [3.05, 3.63) is 284 Å². The van der Waals surface area contributed by atoms with E-state index in [0.717, 1.165) is 145 Å². The Kier molecular flexibility index (Phi) is 11.8. The second-order valence-electron chi connectivity index (χ2n) is 26.4. The van der Waals surface area contributed by atoms with Crippen molar-refractivity contribution in [1.29, 1.82) is 0 Å². The molecule has 12 aromatic carbocycles. The van der Waals surface area contributed by atoms with E-state index in [1.54, 1.807) is 0 Å². The predicted molar refractivity (Wildman–Crippen MR) is 376 cm³/mol. The van der Waals surface area contributed by atoms with Gasteiger partial charge in [-0.1, -0.05) is 230 Å². The maximum atomic E-state index is 5.79. The number of hydrogen-bond acceptors (Lipinski definition) is 2. The summed E-state index contributed by atoms with van der Waals surface area (Å²) >= 11 is 0. The van der Waals surface area contributed by atoms with E-state index in [0.29, 0.717) is 0 Å². The van der Waals surface area contributed by atoms with Gasteiger partial charge in [0, 0.05) is 16.3 Å². The van der Waals surface area contributed by atoms with Gasteiger partial charge in [-0.25, -0.2) is 9.97 Å². The van der Waals surface area contributed by atoms with Gasteiger partial charge in [0.1, 0.15) is 0 Å². The largest absolute Gasteiger partial charge is 0.307 e. The molecule has 0 N–H and O–H groups in total. The first-order valence-electron chi connectivity index (χ1n) is 31.3. The molecule has 0 unspecified atom stereocenters. The molecule has 0 saturated heterocycles. The van der Waals surface area contributed by atoms with Crippen LogP contribution >= 0.6 is 0 Å². The fourth-order valence-corrected chi connectivity index (χ4v) is 14.2. The molecule has 0 aliphatic carbocycles. The summed E-state index contributed by atoms with van der Waals surface area (Å²) in [4.78, 5) is 11.5. The highest BCUT2D eigenvalue weighted by molar-refractivity contribution is 6.11. The van der Waals surface area contributed by atoms with Crippen molar-refractivity contribution in [3.63, 3.8) is 0 Å². The Morgan fingerprint density at radius 1 is 0.278 bits per heavy atom. The Hall–Kier alpha value is -11.0. The van der Waals surface area contributed by atoms with Crippen molar-refractivity contribution >= 4 is 77.5 Å². The molecule has 0 atom stereocenters. The van der Waals surface area contributed by atoms with E-state index in [-0.39, 0.29) is 10.8 Å². The minimum Gasteiger partial charge on any atom is -0.307 e. The van der Waals surface area contributed by atoms with Gasteiger partial charge >= 0.3 is 0 Å². The molecule has 0 fully saturated rings. The highest BCUT2D eigenvalue weighted by atomic mass is 15.2. The van der Waals surface area contributed by atoms with Crippen LogP contribution in [-0.4, -0.2) is 32.5 Å². The first kappa shape index (κ1) is 53.2. The molecular formula is C83H65N7. The lowest BCUT2D eigenvalue weighted by atomic mass is 9.85. The summed E-state index contributed by atoms with van der Waals surface area (Å²) in [5.41, 5.74) is 28.3. The zero-order valence-corrected chi connectivity index (χ0v) is 51.5. The zero-order chi connectivity index (χ0) is 60.7. The molecule has 0 saturated carbocycles. The molecule has 5 aromatic heterocycles. The maximum absolute atomic E-state index is 5.79. The third kappa shape index (κ3) is 8.33. The molecule has 7 heteroatoms. The van der Waals surface area contributed by atoms with Crippen molar-refractivity contribution < 1.29 is 0 Å². The average Bonchev–Trinajstić information content (AvgIpc) is 1.54. The van der Waals surface area contributed by atoms with Crippen LogP contribution in [0.5, 0.6) is 0 Å². The molecule has 0 radical (unpaired) electrons. The molecule has 432 valence electrons. The lowest BCUT2D eigenvalue weighted by Gasteiger charge is -2.25. The standard InChI is InChI=1S/C83H65N7/c1-52-78(57-31-21-12-22-32-57)76(87-70-41-35-60(55-27-17-10-18-28-55)47-74(70)89-72-45-58(53-23-13-8-14-24-53)33-39-66(72)84-80(87)89)51-77(79(52)86-68-43-37-62(82(2,3)4)49-64(68)65-50-63(83(5,6)7)38-44-69(65)86)88-71-42-36-61(56-29-19-11-20-30-56)48-75(71)90-73-46-59(54-25-15-9-16-26-54)34-40-67(73)85-81(88)90/h8-51H,1-7H3. The van der Waals surface area contributed by atoms with Gasteiger partial charge in [0.25, 0.3) is 0 Å². The number of hydrogen-bond donors (Lipinski definition) is 0. The minimum absolute atomic E-state index is 0.0850. The van der Waals surface area contributed by atoms with Crippen molar-refractivity contribution in [2.75, 3.05) is 0 Å². The third-order valence-corrected chi connectivity index (χ3v) is 18.8. The molecule has 17 aromatic rings. The molecular weight excluding hydrogens is 1090 g/mol. The average molecular weight is 1160 g/mol. The lowest BCUT2D eigenvalue weighted by molar-refractivity contribution is 0.590. The molecule has 17 rings (SSSR count). The minimum atomic E-state index is -0.0850. The predicted octanol–water partition coefficient (Wildman–Crippen LogP) is 21.5. The van der Waals surface area contributed by atoms with E-state index in [1.165, 1.54) is 21.9 Å². The number of imidazole rings is 4. The molecule has 0 amide bonds. The summed E-state index contributed by atoms with van der Waals surface area (Å²) in [5.74, 6) is 1.64. The fraction of sp³-hybridized carbons (Fsp3) is 0.108. The fourth-order valence-electron chi connectivity index (χ4n) is 14.2. The van der Waals surface area contributed by atoms with E-state index in [4.69, 9.17) is 9.97 Å². The monoisotopic (exact) mass is 1160 g/mol. The number of nitrogens with zero attached hydrogens (tertiary/aromatic N) is 7.